The van der Waals surface area contributed by atoms with E-state index in [1.165, 1.54) is 0 Å². The van der Waals surface area contributed by atoms with Gasteiger partial charge in [0.1, 0.15) is 11.4 Å². The minimum atomic E-state index is -0.0425. The molecule has 114 valence electrons. The van der Waals surface area contributed by atoms with E-state index in [0.29, 0.717) is 6.54 Å². The first-order valence-electron chi connectivity index (χ1n) is 7.37. The van der Waals surface area contributed by atoms with Crippen molar-refractivity contribution in [3.8, 4) is 5.75 Å². The van der Waals surface area contributed by atoms with Gasteiger partial charge in [-0.1, -0.05) is 18.2 Å². The Bertz CT molecular complexity index is 572. The first-order valence-corrected chi connectivity index (χ1v) is 7.37. The third-order valence-corrected chi connectivity index (χ3v) is 3.01. The first kappa shape index (κ1) is 15.4. The monoisotopic (exact) mass is 288 g/mol. The number of benzene rings is 1. The third kappa shape index (κ3) is 4.48. The molecule has 0 radical (unpaired) electrons. The van der Waals surface area contributed by atoms with Crippen LogP contribution in [-0.2, 0) is 12.1 Å². The standard InChI is InChI=1S/C16H24N4O/c1-5-9-21-15-8-6-7-13(10-15)17-11-14-12-20(19-18-14)16(2,3)4/h6-8,10,12,17H,5,9,11H2,1-4H3. The van der Waals surface area contributed by atoms with Gasteiger partial charge in [0.05, 0.1) is 24.9 Å². The van der Waals surface area contributed by atoms with Gasteiger partial charge >= 0.3 is 0 Å². The summed E-state index contributed by atoms with van der Waals surface area (Å²) in [6.45, 7) is 9.80. The van der Waals surface area contributed by atoms with Gasteiger partial charge in [0.25, 0.3) is 0 Å². The Kier molecular flexibility index (Phi) is 4.83. The molecule has 2 aromatic rings. The van der Waals surface area contributed by atoms with Crippen molar-refractivity contribution in [2.45, 2.75) is 46.2 Å². The number of anilines is 1. The van der Waals surface area contributed by atoms with Crippen LogP contribution in [0.15, 0.2) is 30.5 Å². The zero-order valence-electron chi connectivity index (χ0n) is 13.3. The molecule has 1 aromatic carbocycles. The summed E-state index contributed by atoms with van der Waals surface area (Å²) in [5, 5.41) is 11.7. The van der Waals surface area contributed by atoms with Crippen LogP contribution in [0.1, 0.15) is 39.8 Å². The number of nitrogens with one attached hydrogen (secondary N) is 1. The van der Waals surface area contributed by atoms with Crippen molar-refractivity contribution in [1.29, 1.82) is 0 Å². The Morgan fingerprint density at radius 1 is 1.29 bits per heavy atom. The van der Waals surface area contributed by atoms with Gasteiger partial charge in [0.15, 0.2) is 0 Å². The molecule has 0 amide bonds. The van der Waals surface area contributed by atoms with Crippen LogP contribution in [0.3, 0.4) is 0 Å². The average molecular weight is 288 g/mol. The molecule has 5 nitrogen and oxygen atoms in total. The van der Waals surface area contributed by atoms with Crippen molar-refractivity contribution in [2.75, 3.05) is 11.9 Å². The Morgan fingerprint density at radius 2 is 2.10 bits per heavy atom. The van der Waals surface area contributed by atoms with Crippen molar-refractivity contribution in [3.63, 3.8) is 0 Å². The molecule has 2 rings (SSSR count). The van der Waals surface area contributed by atoms with Crippen molar-refractivity contribution in [2.24, 2.45) is 0 Å². The summed E-state index contributed by atoms with van der Waals surface area (Å²) in [5.41, 5.74) is 1.90. The summed E-state index contributed by atoms with van der Waals surface area (Å²) >= 11 is 0. The lowest BCUT2D eigenvalue weighted by atomic mass is 10.1. The van der Waals surface area contributed by atoms with Gasteiger partial charge in [-0.15, -0.1) is 5.10 Å². The molecular weight excluding hydrogens is 264 g/mol. The summed E-state index contributed by atoms with van der Waals surface area (Å²) in [6, 6.07) is 7.98. The highest BCUT2D eigenvalue weighted by atomic mass is 16.5. The maximum absolute atomic E-state index is 5.62. The summed E-state index contributed by atoms with van der Waals surface area (Å²) in [5.74, 6) is 0.889. The van der Waals surface area contributed by atoms with Crippen LogP contribution in [0.25, 0.3) is 0 Å². The van der Waals surface area contributed by atoms with Crippen molar-refractivity contribution < 1.29 is 4.74 Å². The number of rotatable bonds is 6. The Labute approximate surface area is 126 Å². The maximum Gasteiger partial charge on any atom is 0.121 e. The summed E-state index contributed by atoms with van der Waals surface area (Å²) in [7, 11) is 0. The highest BCUT2D eigenvalue weighted by molar-refractivity contribution is 5.48. The van der Waals surface area contributed by atoms with Gasteiger partial charge < -0.3 is 10.1 Å². The van der Waals surface area contributed by atoms with Crippen LogP contribution in [-0.4, -0.2) is 21.6 Å². The highest BCUT2D eigenvalue weighted by Gasteiger charge is 2.14. The molecule has 0 aliphatic carbocycles. The van der Waals surface area contributed by atoms with E-state index in [1.54, 1.807) is 0 Å². The predicted octanol–water partition coefficient (Wildman–Crippen LogP) is 3.43. The molecule has 0 atom stereocenters. The van der Waals surface area contributed by atoms with Gasteiger partial charge in [-0.05, 0) is 39.3 Å². The molecule has 21 heavy (non-hydrogen) atoms. The highest BCUT2D eigenvalue weighted by Crippen LogP contribution is 2.18. The molecule has 5 heteroatoms. The lowest BCUT2D eigenvalue weighted by Gasteiger charge is -2.17. The van der Waals surface area contributed by atoms with Crippen LogP contribution in [0.5, 0.6) is 5.75 Å². The molecular formula is C16H24N4O. The van der Waals surface area contributed by atoms with Crippen molar-refractivity contribution in [1.82, 2.24) is 15.0 Å². The molecule has 0 saturated carbocycles. The topological polar surface area (TPSA) is 52.0 Å². The van der Waals surface area contributed by atoms with Gasteiger partial charge in [0.2, 0.25) is 0 Å². The fourth-order valence-corrected chi connectivity index (χ4v) is 1.82. The SMILES string of the molecule is CCCOc1cccc(NCc2cn(C(C)(C)C)nn2)c1. The fourth-order valence-electron chi connectivity index (χ4n) is 1.82. The second-order valence-electron chi connectivity index (χ2n) is 6.06. The Hall–Kier alpha value is -2.04. The third-order valence-electron chi connectivity index (χ3n) is 3.01. The summed E-state index contributed by atoms with van der Waals surface area (Å²) in [6.07, 6.45) is 2.98. The number of nitrogens with zero attached hydrogens (tertiary/aromatic N) is 3. The zero-order chi connectivity index (χ0) is 15.3. The molecule has 0 fully saturated rings. The Balaban J connectivity index is 1.95. The van der Waals surface area contributed by atoms with E-state index in [9.17, 15) is 0 Å². The van der Waals surface area contributed by atoms with E-state index < -0.39 is 0 Å². The van der Waals surface area contributed by atoms with Crippen LogP contribution >= 0.6 is 0 Å². The van der Waals surface area contributed by atoms with Crippen LogP contribution in [0.4, 0.5) is 5.69 Å². The van der Waals surface area contributed by atoms with E-state index in [-0.39, 0.29) is 5.54 Å². The lowest BCUT2D eigenvalue weighted by Crippen LogP contribution is -2.22. The largest absolute Gasteiger partial charge is 0.494 e. The van der Waals surface area contributed by atoms with E-state index in [2.05, 4.69) is 43.3 Å². The zero-order valence-corrected chi connectivity index (χ0v) is 13.3. The van der Waals surface area contributed by atoms with Gasteiger partial charge in [-0.25, -0.2) is 4.68 Å². The fraction of sp³-hybridized carbons (Fsp3) is 0.500. The predicted molar refractivity (Wildman–Crippen MR) is 84.6 cm³/mol. The average Bonchev–Trinajstić information content (AvgIpc) is 2.92. The molecule has 1 heterocycles. The smallest absolute Gasteiger partial charge is 0.121 e. The van der Waals surface area contributed by atoms with E-state index >= 15 is 0 Å². The maximum atomic E-state index is 5.62. The van der Waals surface area contributed by atoms with E-state index in [1.807, 2.05) is 35.1 Å². The van der Waals surface area contributed by atoms with Crippen molar-refractivity contribution >= 4 is 5.69 Å². The number of hydrogen-bond acceptors (Lipinski definition) is 4. The minimum Gasteiger partial charge on any atom is -0.494 e. The molecule has 1 N–H and O–H groups in total. The number of aromatic nitrogens is 3. The molecule has 0 spiro atoms. The summed E-state index contributed by atoms with van der Waals surface area (Å²) < 4.78 is 7.50. The molecule has 0 bridgehead atoms. The molecule has 0 saturated heterocycles. The Morgan fingerprint density at radius 3 is 2.76 bits per heavy atom. The van der Waals surface area contributed by atoms with Crippen LogP contribution in [0, 0.1) is 0 Å². The van der Waals surface area contributed by atoms with Crippen LogP contribution in [0.2, 0.25) is 0 Å². The van der Waals surface area contributed by atoms with Gasteiger partial charge in [-0.2, -0.15) is 0 Å². The van der Waals surface area contributed by atoms with E-state index in [0.717, 1.165) is 30.2 Å². The number of ether oxygens (including phenoxy) is 1. The molecule has 0 aliphatic rings. The minimum absolute atomic E-state index is 0.0425. The first-order chi connectivity index (χ1) is 9.99. The molecule has 1 aromatic heterocycles. The molecule has 0 aliphatic heterocycles. The summed E-state index contributed by atoms with van der Waals surface area (Å²) in [4.78, 5) is 0. The second-order valence-corrected chi connectivity index (χ2v) is 6.06. The van der Waals surface area contributed by atoms with Crippen LogP contribution < -0.4 is 10.1 Å². The van der Waals surface area contributed by atoms with Gasteiger partial charge in [0, 0.05) is 11.8 Å². The normalized spacial score (nSPS) is 11.4. The van der Waals surface area contributed by atoms with E-state index in [4.69, 9.17) is 4.74 Å². The van der Waals surface area contributed by atoms with Gasteiger partial charge in [-0.3, -0.25) is 0 Å². The lowest BCUT2D eigenvalue weighted by molar-refractivity contribution is 0.317. The molecule has 0 unspecified atom stereocenters. The van der Waals surface area contributed by atoms with Crippen molar-refractivity contribution in [3.05, 3.63) is 36.2 Å². The second kappa shape index (κ2) is 6.61. The quantitative estimate of drug-likeness (QED) is 0.884. The number of hydrogen-bond donors (Lipinski definition) is 1.